The molecule has 0 N–H and O–H groups in total. The summed E-state index contributed by atoms with van der Waals surface area (Å²) in [5.41, 5.74) is 7.22. The normalized spacial score (nSPS) is 12.5. The van der Waals surface area contributed by atoms with E-state index in [1.54, 1.807) is 13.8 Å². The lowest BCUT2D eigenvalue weighted by Gasteiger charge is -2.15. The van der Waals surface area contributed by atoms with Gasteiger partial charge in [-0.05, 0) is 97.9 Å². The average molecular weight is 557 g/mol. The van der Waals surface area contributed by atoms with Gasteiger partial charge in [0, 0.05) is 19.1 Å². The minimum atomic E-state index is -0.607. The van der Waals surface area contributed by atoms with E-state index in [9.17, 15) is 9.59 Å². The molecule has 1 atom stereocenters. The summed E-state index contributed by atoms with van der Waals surface area (Å²) >= 11 is 0. The zero-order chi connectivity index (χ0) is 29.6. The molecule has 3 rings (SSSR count). The van der Waals surface area contributed by atoms with Gasteiger partial charge < -0.3 is 18.9 Å². The molecule has 216 valence electrons. The molecule has 0 aromatic heterocycles. The number of hydrogen-bond donors (Lipinski definition) is 0. The van der Waals surface area contributed by atoms with Crippen molar-refractivity contribution in [3.8, 4) is 16.9 Å². The van der Waals surface area contributed by atoms with E-state index in [0.29, 0.717) is 32.8 Å². The second kappa shape index (κ2) is 16.2. The molecular weight excluding hydrogens is 516 g/mol. The van der Waals surface area contributed by atoms with Crippen LogP contribution in [0.1, 0.15) is 51.3 Å². The quantitative estimate of drug-likeness (QED) is 0.153. The summed E-state index contributed by atoms with van der Waals surface area (Å²) in [7, 11) is 0. The van der Waals surface area contributed by atoms with Crippen LogP contribution in [0.3, 0.4) is 0 Å². The molecule has 41 heavy (non-hydrogen) atoms. The predicted molar refractivity (Wildman–Crippen MR) is 164 cm³/mol. The number of carbonyl (C=O) groups excluding carboxylic acids is 2. The van der Waals surface area contributed by atoms with Gasteiger partial charge in [0.25, 0.3) is 0 Å². The van der Waals surface area contributed by atoms with Crippen LogP contribution in [0.5, 0.6) is 5.75 Å². The fraction of sp³-hybridized carbons (Fsp3) is 0.314. The fourth-order valence-corrected chi connectivity index (χ4v) is 4.28. The van der Waals surface area contributed by atoms with Crippen LogP contribution in [0, 0.1) is 0 Å². The maximum Gasteiger partial charge on any atom is 0.335 e. The van der Waals surface area contributed by atoms with Crippen molar-refractivity contribution in [1.82, 2.24) is 0 Å². The summed E-state index contributed by atoms with van der Waals surface area (Å²) in [6, 6.07) is 24.2. The zero-order valence-corrected chi connectivity index (χ0v) is 24.6. The van der Waals surface area contributed by atoms with E-state index in [2.05, 4.69) is 49.4 Å². The van der Waals surface area contributed by atoms with Crippen molar-refractivity contribution in [3.63, 3.8) is 0 Å². The molecule has 0 aliphatic heterocycles. The molecule has 0 bridgehead atoms. The van der Waals surface area contributed by atoms with Gasteiger partial charge in [0.05, 0.1) is 13.2 Å². The topological polar surface area (TPSA) is 71.1 Å². The molecule has 3 aromatic rings. The van der Waals surface area contributed by atoms with Crippen molar-refractivity contribution in [3.05, 3.63) is 102 Å². The summed E-state index contributed by atoms with van der Waals surface area (Å²) in [6.07, 6.45) is 3.43. The third-order valence-corrected chi connectivity index (χ3v) is 6.51. The number of rotatable bonds is 14. The molecule has 0 aliphatic rings. The first-order valence-electron chi connectivity index (χ1n) is 14.1. The Morgan fingerprint density at radius 2 is 1.46 bits per heavy atom. The Morgan fingerprint density at radius 1 is 0.756 bits per heavy atom. The molecule has 0 fully saturated rings. The van der Waals surface area contributed by atoms with E-state index in [1.807, 2.05) is 50.2 Å². The highest BCUT2D eigenvalue weighted by Crippen LogP contribution is 2.26. The third-order valence-electron chi connectivity index (χ3n) is 6.51. The van der Waals surface area contributed by atoms with Crippen molar-refractivity contribution in [1.29, 1.82) is 0 Å². The average Bonchev–Trinajstić information content (AvgIpc) is 2.98. The monoisotopic (exact) mass is 556 g/mol. The van der Waals surface area contributed by atoms with Crippen LogP contribution in [0.2, 0.25) is 0 Å². The minimum Gasteiger partial charge on any atom is -0.490 e. The maximum atomic E-state index is 12.1. The minimum absolute atomic E-state index is 0.329. The summed E-state index contributed by atoms with van der Waals surface area (Å²) < 4.78 is 21.6. The van der Waals surface area contributed by atoms with Crippen molar-refractivity contribution in [2.45, 2.75) is 47.1 Å². The van der Waals surface area contributed by atoms with E-state index in [1.165, 1.54) is 6.08 Å². The molecule has 0 saturated carbocycles. The lowest BCUT2D eigenvalue weighted by atomic mass is 9.97. The van der Waals surface area contributed by atoms with Gasteiger partial charge >= 0.3 is 11.9 Å². The van der Waals surface area contributed by atoms with Crippen LogP contribution in [0.4, 0.5) is 0 Å². The summed E-state index contributed by atoms with van der Waals surface area (Å²) in [5, 5.41) is 0. The van der Waals surface area contributed by atoms with Gasteiger partial charge in [0.15, 0.2) is 6.10 Å². The smallest absolute Gasteiger partial charge is 0.335 e. The molecule has 0 aliphatic carbocycles. The van der Waals surface area contributed by atoms with Crippen LogP contribution in [0.25, 0.3) is 22.3 Å². The van der Waals surface area contributed by atoms with Crippen LogP contribution in [0.15, 0.2) is 84.9 Å². The van der Waals surface area contributed by atoms with E-state index in [4.69, 9.17) is 18.9 Å². The van der Waals surface area contributed by atoms with Gasteiger partial charge in [0.1, 0.15) is 12.4 Å². The third kappa shape index (κ3) is 9.76. The number of benzene rings is 3. The number of carbonyl (C=O) groups is 2. The molecule has 6 nitrogen and oxygen atoms in total. The van der Waals surface area contributed by atoms with E-state index < -0.39 is 6.10 Å². The van der Waals surface area contributed by atoms with E-state index in [0.717, 1.165) is 44.7 Å². The number of hydrogen-bond acceptors (Lipinski definition) is 6. The Kier molecular flexibility index (Phi) is 12.4. The Morgan fingerprint density at radius 3 is 2.12 bits per heavy atom. The van der Waals surface area contributed by atoms with Gasteiger partial charge in [0.2, 0.25) is 0 Å². The van der Waals surface area contributed by atoms with Crippen LogP contribution >= 0.6 is 0 Å². The SMILES string of the molecule is CCOC(=O)/C=C(\C)c1cccc(-c2ccc(/C(C)=C/COc3ccc(C[C@H](OCC)C(=O)OCC)cc3)cc2)c1. The molecule has 3 aromatic carbocycles. The van der Waals surface area contributed by atoms with Gasteiger partial charge in [-0.25, -0.2) is 9.59 Å². The zero-order valence-electron chi connectivity index (χ0n) is 24.6. The Labute approximate surface area is 243 Å². The first-order chi connectivity index (χ1) is 19.8. The van der Waals surface area contributed by atoms with Crippen molar-refractivity contribution in [2.24, 2.45) is 0 Å². The van der Waals surface area contributed by atoms with Gasteiger partial charge in [-0.2, -0.15) is 0 Å². The molecule has 0 radical (unpaired) electrons. The van der Waals surface area contributed by atoms with E-state index >= 15 is 0 Å². The summed E-state index contributed by atoms with van der Waals surface area (Å²) in [6.45, 7) is 11.0. The number of ether oxygens (including phenoxy) is 4. The van der Waals surface area contributed by atoms with Crippen LogP contribution in [-0.2, 0) is 30.2 Å². The first kappa shape index (κ1) is 31.4. The molecule has 0 unspecified atom stereocenters. The highest BCUT2D eigenvalue weighted by Gasteiger charge is 2.20. The highest BCUT2D eigenvalue weighted by molar-refractivity contribution is 5.91. The Bertz CT molecular complexity index is 1340. The Hall–Kier alpha value is -4.16. The van der Waals surface area contributed by atoms with Crippen molar-refractivity contribution in [2.75, 3.05) is 26.4 Å². The first-order valence-corrected chi connectivity index (χ1v) is 14.1. The molecular formula is C35H40O6. The van der Waals surface area contributed by atoms with Crippen LogP contribution < -0.4 is 4.74 Å². The van der Waals surface area contributed by atoms with Gasteiger partial charge in [-0.15, -0.1) is 0 Å². The lowest BCUT2D eigenvalue weighted by Crippen LogP contribution is -2.28. The second-order valence-electron chi connectivity index (χ2n) is 9.48. The molecule has 0 amide bonds. The predicted octanol–water partition coefficient (Wildman–Crippen LogP) is 7.31. The maximum absolute atomic E-state index is 12.1. The lowest BCUT2D eigenvalue weighted by molar-refractivity contribution is -0.156. The molecule has 0 saturated heterocycles. The van der Waals surface area contributed by atoms with Crippen molar-refractivity contribution >= 4 is 23.1 Å². The second-order valence-corrected chi connectivity index (χ2v) is 9.48. The number of allylic oxidation sites excluding steroid dienone is 2. The molecule has 0 heterocycles. The van der Waals surface area contributed by atoms with Crippen molar-refractivity contribution < 1.29 is 28.5 Å². The van der Waals surface area contributed by atoms with E-state index in [-0.39, 0.29) is 11.9 Å². The fourth-order valence-electron chi connectivity index (χ4n) is 4.28. The van der Waals surface area contributed by atoms with Gasteiger partial charge in [-0.1, -0.05) is 54.6 Å². The van der Waals surface area contributed by atoms with Crippen LogP contribution in [-0.4, -0.2) is 44.5 Å². The van der Waals surface area contributed by atoms with Gasteiger partial charge in [-0.3, -0.25) is 0 Å². The Balaban J connectivity index is 1.58. The largest absolute Gasteiger partial charge is 0.490 e. The number of esters is 2. The highest BCUT2D eigenvalue weighted by atomic mass is 16.6. The standard InChI is InChI=1S/C35H40O6/c1-6-38-33(35(37)40-8-3)23-27-12-18-32(19-13-27)41-21-20-25(4)28-14-16-29(17-15-28)31-11-9-10-30(24-31)26(5)22-34(36)39-7-2/h9-20,22,24,33H,6-8,21,23H2,1-5H3/b25-20+,26-22+/t33-/m0/s1. The molecule has 0 spiro atoms. The summed E-state index contributed by atoms with van der Waals surface area (Å²) in [4.78, 5) is 23.9. The summed E-state index contributed by atoms with van der Waals surface area (Å²) in [5.74, 6) is 0.0873. The molecule has 6 heteroatoms.